The number of halogens is 1. The van der Waals surface area contributed by atoms with Crippen molar-refractivity contribution in [1.29, 1.82) is 0 Å². The minimum atomic E-state index is 0. The van der Waals surface area contributed by atoms with Gasteiger partial charge in [-0.1, -0.05) is 0 Å². The zero-order valence-electron chi connectivity index (χ0n) is 14.3. The van der Waals surface area contributed by atoms with E-state index in [1.165, 1.54) is 6.92 Å². The summed E-state index contributed by atoms with van der Waals surface area (Å²) >= 11 is 0. The second kappa shape index (κ2) is 10.3. The maximum atomic E-state index is 11.9. The van der Waals surface area contributed by atoms with E-state index in [0.717, 1.165) is 25.1 Å². The Labute approximate surface area is 149 Å². The molecule has 1 fully saturated rings. The number of rotatable bonds is 7. The Kier molecular flexibility index (Phi) is 8.79. The first-order valence-corrected chi connectivity index (χ1v) is 8.31. The molecule has 2 N–H and O–H groups in total. The van der Waals surface area contributed by atoms with Crippen LogP contribution in [0.2, 0.25) is 0 Å². The van der Waals surface area contributed by atoms with Crippen molar-refractivity contribution in [2.24, 2.45) is 0 Å². The molecule has 0 radical (unpaired) electrons. The normalized spacial score (nSPS) is 19.9. The van der Waals surface area contributed by atoms with Gasteiger partial charge in [0.1, 0.15) is 5.75 Å². The van der Waals surface area contributed by atoms with E-state index in [1.807, 2.05) is 0 Å². The van der Waals surface area contributed by atoms with Crippen LogP contribution in [0.1, 0.15) is 49.9 Å². The van der Waals surface area contributed by atoms with Crippen LogP contribution in [0.5, 0.6) is 5.75 Å². The summed E-state index contributed by atoms with van der Waals surface area (Å²) in [4.78, 5) is 23.1. The van der Waals surface area contributed by atoms with Crippen molar-refractivity contribution in [3.63, 3.8) is 0 Å². The first-order valence-electron chi connectivity index (χ1n) is 8.31. The number of hydrogen-bond acceptors (Lipinski definition) is 4. The Bertz CT molecular complexity index is 534. The van der Waals surface area contributed by atoms with Crippen LogP contribution in [0.3, 0.4) is 0 Å². The molecule has 1 saturated heterocycles. The van der Waals surface area contributed by atoms with Crippen molar-refractivity contribution >= 4 is 24.1 Å². The van der Waals surface area contributed by atoms with Crippen LogP contribution in [-0.4, -0.2) is 36.9 Å². The molecule has 2 rings (SSSR count). The Morgan fingerprint density at radius 1 is 1.29 bits per heavy atom. The molecule has 1 aliphatic heterocycles. The third kappa shape index (κ3) is 6.89. The lowest BCUT2D eigenvalue weighted by molar-refractivity contribution is -0.122. The second-order valence-corrected chi connectivity index (χ2v) is 6.18. The molecule has 24 heavy (non-hydrogen) atoms. The number of benzene rings is 1. The lowest BCUT2D eigenvalue weighted by Crippen LogP contribution is -2.46. The highest BCUT2D eigenvalue weighted by molar-refractivity contribution is 5.94. The van der Waals surface area contributed by atoms with Crippen LogP contribution in [0.15, 0.2) is 24.3 Å². The van der Waals surface area contributed by atoms with E-state index in [-0.39, 0.29) is 24.1 Å². The minimum Gasteiger partial charge on any atom is -0.494 e. The zero-order valence-corrected chi connectivity index (χ0v) is 15.2. The van der Waals surface area contributed by atoms with Crippen LogP contribution in [0.4, 0.5) is 0 Å². The molecule has 134 valence electrons. The summed E-state index contributed by atoms with van der Waals surface area (Å²) in [5.41, 5.74) is 0.674. The van der Waals surface area contributed by atoms with Gasteiger partial charge < -0.3 is 15.4 Å². The average Bonchev–Trinajstić information content (AvgIpc) is 2.52. The van der Waals surface area contributed by atoms with Crippen molar-refractivity contribution in [2.45, 2.75) is 51.6 Å². The lowest BCUT2D eigenvalue weighted by Gasteiger charge is -2.28. The van der Waals surface area contributed by atoms with E-state index in [1.54, 1.807) is 24.3 Å². The number of carbonyl (C=O) groups is 2. The van der Waals surface area contributed by atoms with E-state index in [9.17, 15) is 9.59 Å². The highest BCUT2D eigenvalue weighted by atomic mass is 35.5. The highest BCUT2D eigenvalue weighted by Gasteiger charge is 2.19. The fourth-order valence-corrected chi connectivity index (χ4v) is 2.77. The molecule has 0 bridgehead atoms. The van der Waals surface area contributed by atoms with Gasteiger partial charge in [-0.25, -0.2) is 0 Å². The summed E-state index contributed by atoms with van der Waals surface area (Å²) < 4.78 is 5.60. The van der Waals surface area contributed by atoms with Gasteiger partial charge in [-0.2, -0.15) is 0 Å². The first kappa shape index (κ1) is 20.5. The topological polar surface area (TPSA) is 67.4 Å². The van der Waals surface area contributed by atoms with E-state index in [0.29, 0.717) is 37.1 Å². The highest BCUT2D eigenvalue weighted by Crippen LogP contribution is 2.13. The van der Waals surface area contributed by atoms with Crippen molar-refractivity contribution in [3.8, 4) is 5.75 Å². The van der Waals surface area contributed by atoms with Crippen LogP contribution < -0.4 is 15.4 Å². The Morgan fingerprint density at radius 3 is 2.62 bits per heavy atom. The molecule has 2 atom stereocenters. The largest absolute Gasteiger partial charge is 0.494 e. The van der Waals surface area contributed by atoms with Gasteiger partial charge in [-0.3, -0.25) is 9.59 Å². The van der Waals surface area contributed by atoms with Crippen LogP contribution >= 0.6 is 12.4 Å². The Hall–Kier alpha value is -1.59. The van der Waals surface area contributed by atoms with Crippen LogP contribution in [-0.2, 0) is 4.79 Å². The third-order valence-electron chi connectivity index (χ3n) is 4.07. The summed E-state index contributed by atoms with van der Waals surface area (Å²) in [6.45, 7) is 5.14. The van der Waals surface area contributed by atoms with Crippen LogP contribution in [0, 0.1) is 0 Å². The number of ether oxygens (including phenoxy) is 1. The van der Waals surface area contributed by atoms with Gasteiger partial charge in [0.05, 0.1) is 6.61 Å². The number of hydrogen-bond donors (Lipinski definition) is 2. The molecule has 2 unspecified atom stereocenters. The summed E-state index contributed by atoms with van der Waals surface area (Å²) in [6, 6.07) is 7.83. The first-order chi connectivity index (χ1) is 11.0. The molecule has 0 aliphatic carbocycles. The van der Waals surface area contributed by atoms with Gasteiger partial charge in [-0.05, 0) is 63.9 Å². The smallest absolute Gasteiger partial charge is 0.220 e. The molecule has 1 aliphatic rings. The molecule has 0 saturated carbocycles. The molecular formula is C18H27ClN2O3. The van der Waals surface area contributed by atoms with Gasteiger partial charge in [0.25, 0.3) is 0 Å². The quantitative estimate of drug-likeness (QED) is 0.583. The molecule has 6 heteroatoms. The number of amides is 1. The number of Topliss-reactive ketones (excluding diaryl/α,β-unsaturated/α-hetero) is 1. The summed E-state index contributed by atoms with van der Waals surface area (Å²) in [5.74, 6) is 0.864. The summed E-state index contributed by atoms with van der Waals surface area (Å²) in [7, 11) is 0. The number of carbonyl (C=O) groups excluding carboxylic acids is 2. The molecule has 0 aromatic heterocycles. The molecule has 1 amide bonds. The van der Waals surface area contributed by atoms with E-state index < -0.39 is 0 Å². The molecule has 1 aromatic carbocycles. The Morgan fingerprint density at radius 2 is 2.00 bits per heavy atom. The molecule has 1 heterocycles. The third-order valence-corrected chi connectivity index (χ3v) is 4.07. The van der Waals surface area contributed by atoms with Crippen molar-refractivity contribution < 1.29 is 14.3 Å². The van der Waals surface area contributed by atoms with Gasteiger partial charge >= 0.3 is 0 Å². The molecule has 0 spiro atoms. The zero-order chi connectivity index (χ0) is 16.7. The van der Waals surface area contributed by atoms with E-state index in [4.69, 9.17) is 4.74 Å². The standard InChI is InChI=1S/C18H26N2O3.ClH/c1-13-12-16(9-10-19-13)20-18(22)4-3-11-23-17-7-5-15(6-8-17)14(2)21;/h5-8,13,16,19H,3-4,9-12H2,1-2H3,(H,20,22);1H. The lowest BCUT2D eigenvalue weighted by atomic mass is 10.0. The van der Waals surface area contributed by atoms with Crippen LogP contribution in [0.25, 0.3) is 0 Å². The molecule has 5 nitrogen and oxygen atoms in total. The molecule has 1 aromatic rings. The number of nitrogens with one attached hydrogen (secondary N) is 2. The fourth-order valence-electron chi connectivity index (χ4n) is 2.77. The Balaban J connectivity index is 0.00000288. The van der Waals surface area contributed by atoms with Gasteiger partial charge in [-0.15, -0.1) is 12.4 Å². The molecular weight excluding hydrogens is 328 g/mol. The van der Waals surface area contributed by atoms with Crippen molar-refractivity contribution in [1.82, 2.24) is 10.6 Å². The predicted molar refractivity (Wildman–Crippen MR) is 97.1 cm³/mol. The van der Waals surface area contributed by atoms with Gasteiger partial charge in [0.15, 0.2) is 5.78 Å². The summed E-state index contributed by atoms with van der Waals surface area (Å²) in [6.07, 6.45) is 3.14. The predicted octanol–water partition coefficient (Wildman–Crippen LogP) is 2.73. The minimum absolute atomic E-state index is 0. The van der Waals surface area contributed by atoms with Gasteiger partial charge in [0.2, 0.25) is 5.91 Å². The average molecular weight is 355 g/mol. The number of ketones is 1. The second-order valence-electron chi connectivity index (χ2n) is 6.18. The maximum absolute atomic E-state index is 11.9. The van der Waals surface area contributed by atoms with E-state index >= 15 is 0 Å². The van der Waals surface area contributed by atoms with E-state index in [2.05, 4.69) is 17.6 Å². The summed E-state index contributed by atoms with van der Waals surface area (Å²) in [5, 5.41) is 6.47. The SMILES string of the molecule is CC(=O)c1ccc(OCCCC(=O)NC2CCNC(C)C2)cc1.Cl. The maximum Gasteiger partial charge on any atom is 0.220 e. The van der Waals surface area contributed by atoms with Crippen molar-refractivity contribution in [2.75, 3.05) is 13.2 Å². The van der Waals surface area contributed by atoms with Crippen molar-refractivity contribution in [3.05, 3.63) is 29.8 Å². The van der Waals surface area contributed by atoms with Gasteiger partial charge in [0, 0.05) is 24.1 Å². The fraction of sp³-hybridized carbons (Fsp3) is 0.556. The number of piperidine rings is 1. The monoisotopic (exact) mass is 354 g/mol.